The molecule has 0 radical (unpaired) electrons. The predicted octanol–water partition coefficient (Wildman–Crippen LogP) is 3.44. The fourth-order valence-corrected chi connectivity index (χ4v) is 2.84. The van der Waals surface area contributed by atoms with Crippen molar-refractivity contribution in [1.29, 1.82) is 0 Å². The third-order valence-electron chi connectivity index (χ3n) is 3.42. The maximum atomic E-state index is 12.3. The lowest BCUT2D eigenvalue weighted by atomic mass is 10.2. The standard InChI is InChI=1S/C16H21N3O2S/c1-4-21-15-13(7-5-9-17-15)11-18-16(20)19(3)12(2)14-8-6-10-22-14/h5-10,12H,4,11H2,1-3H3,(H,18,20). The van der Waals surface area contributed by atoms with Crippen molar-refractivity contribution in [3.8, 4) is 5.88 Å². The first-order valence-electron chi connectivity index (χ1n) is 7.24. The van der Waals surface area contributed by atoms with E-state index in [2.05, 4.69) is 10.3 Å². The SMILES string of the molecule is CCOc1ncccc1CNC(=O)N(C)C(C)c1cccs1. The number of thiophene rings is 1. The molecule has 2 amide bonds. The summed E-state index contributed by atoms with van der Waals surface area (Å²) in [5.74, 6) is 0.569. The van der Waals surface area contributed by atoms with Crippen LogP contribution in [0.1, 0.15) is 30.3 Å². The van der Waals surface area contributed by atoms with Crippen molar-refractivity contribution in [2.24, 2.45) is 0 Å². The van der Waals surface area contributed by atoms with Gasteiger partial charge >= 0.3 is 6.03 Å². The summed E-state index contributed by atoms with van der Waals surface area (Å²) in [5.41, 5.74) is 0.870. The summed E-state index contributed by atoms with van der Waals surface area (Å²) < 4.78 is 5.46. The van der Waals surface area contributed by atoms with Crippen molar-refractivity contribution < 1.29 is 9.53 Å². The molecule has 0 saturated heterocycles. The Bertz CT molecular complexity index is 601. The van der Waals surface area contributed by atoms with Gasteiger partial charge in [-0.1, -0.05) is 12.1 Å². The highest BCUT2D eigenvalue weighted by molar-refractivity contribution is 7.10. The molecule has 0 bridgehead atoms. The van der Waals surface area contributed by atoms with E-state index in [4.69, 9.17) is 4.74 Å². The molecule has 2 aromatic rings. The first-order valence-corrected chi connectivity index (χ1v) is 8.12. The number of nitrogens with zero attached hydrogens (tertiary/aromatic N) is 2. The smallest absolute Gasteiger partial charge is 0.317 e. The Balaban J connectivity index is 1.95. The summed E-state index contributed by atoms with van der Waals surface area (Å²) in [6.07, 6.45) is 1.68. The Morgan fingerprint density at radius 2 is 2.27 bits per heavy atom. The minimum absolute atomic E-state index is 0.0419. The van der Waals surface area contributed by atoms with Crippen LogP contribution in [0.3, 0.4) is 0 Å². The van der Waals surface area contributed by atoms with Crippen molar-refractivity contribution in [1.82, 2.24) is 15.2 Å². The Labute approximate surface area is 134 Å². The van der Waals surface area contributed by atoms with E-state index < -0.39 is 0 Å². The average molecular weight is 319 g/mol. The Morgan fingerprint density at radius 1 is 1.45 bits per heavy atom. The Morgan fingerprint density at radius 3 is 2.95 bits per heavy atom. The molecular formula is C16H21N3O2S. The highest BCUT2D eigenvalue weighted by Gasteiger charge is 2.18. The summed E-state index contributed by atoms with van der Waals surface area (Å²) in [4.78, 5) is 19.3. The predicted molar refractivity (Wildman–Crippen MR) is 88.1 cm³/mol. The van der Waals surface area contributed by atoms with Crippen molar-refractivity contribution in [3.63, 3.8) is 0 Å². The molecule has 0 aliphatic carbocycles. The van der Waals surface area contributed by atoms with E-state index in [1.165, 1.54) is 0 Å². The molecule has 0 aliphatic rings. The van der Waals surface area contributed by atoms with Gasteiger partial charge in [-0.3, -0.25) is 0 Å². The second-order valence-electron chi connectivity index (χ2n) is 4.86. The van der Waals surface area contributed by atoms with Gasteiger partial charge in [0.15, 0.2) is 0 Å². The van der Waals surface area contributed by atoms with Crippen LogP contribution in [0, 0.1) is 0 Å². The van der Waals surface area contributed by atoms with E-state index in [0.717, 1.165) is 10.4 Å². The lowest BCUT2D eigenvalue weighted by Gasteiger charge is -2.24. The van der Waals surface area contributed by atoms with Crippen molar-refractivity contribution >= 4 is 17.4 Å². The summed E-state index contributed by atoms with van der Waals surface area (Å²) in [5, 5.41) is 4.93. The van der Waals surface area contributed by atoms with Gasteiger partial charge in [0.2, 0.25) is 5.88 Å². The largest absolute Gasteiger partial charge is 0.478 e. The zero-order valence-electron chi connectivity index (χ0n) is 13.1. The minimum Gasteiger partial charge on any atom is -0.478 e. The molecule has 6 heteroatoms. The molecule has 118 valence electrons. The molecule has 2 rings (SSSR count). The monoisotopic (exact) mass is 319 g/mol. The van der Waals surface area contributed by atoms with Crippen LogP contribution in [-0.2, 0) is 6.54 Å². The maximum absolute atomic E-state index is 12.3. The van der Waals surface area contributed by atoms with Crippen LogP contribution in [0.2, 0.25) is 0 Å². The minimum atomic E-state index is -0.118. The third-order valence-corrected chi connectivity index (χ3v) is 4.46. The van der Waals surface area contributed by atoms with Gasteiger partial charge in [0.25, 0.3) is 0 Å². The lowest BCUT2D eigenvalue weighted by molar-refractivity contribution is 0.194. The Hall–Kier alpha value is -2.08. The molecule has 0 fully saturated rings. The number of ether oxygens (including phenoxy) is 1. The third kappa shape index (κ3) is 3.98. The first-order chi connectivity index (χ1) is 10.6. The molecule has 2 heterocycles. The summed E-state index contributed by atoms with van der Waals surface area (Å²) in [7, 11) is 1.80. The second kappa shape index (κ2) is 7.79. The van der Waals surface area contributed by atoms with Crippen molar-refractivity contribution in [2.75, 3.05) is 13.7 Å². The highest BCUT2D eigenvalue weighted by Crippen LogP contribution is 2.23. The topological polar surface area (TPSA) is 54.5 Å². The Kier molecular flexibility index (Phi) is 5.77. The first kappa shape index (κ1) is 16.3. The molecule has 1 unspecified atom stereocenters. The number of rotatable bonds is 6. The van der Waals surface area contributed by atoms with Gasteiger partial charge < -0.3 is 15.0 Å². The normalized spacial score (nSPS) is 11.8. The van der Waals surface area contributed by atoms with Crippen LogP contribution in [0.4, 0.5) is 4.79 Å². The number of hydrogen-bond donors (Lipinski definition) is 1. The van der Waals surface area contributed by atoms with Gasteiger partial charge in [-0.15, -0.1) is 11.3 Å². The molecule has 0 saturated carbocycles. The molecule has 1 N–H and O–H groups in total. The zero-order valence-corrected chi connectivity index (χ0v) is 13.9. The molecule has 22 heavy (non-hydrogen) atoms. The van der Waals surface area contributed by atoms with Crippen molar-refractivity contribution in [3.05, 3.63) is 46.3 Å². The average Bonchev–Trinajstić information content (AvgIpc) is 3.07. The maximum Gasteiger partial charge on any atom is 0.317 e. The lowest BCUT2D eigenvalue weighted by Crippen LogP contribution is -2.38. The second-order valence-corrected chi connectivity index (χ2v) is 5.84. The van der Waals surface area contributed by atoms with Gasteiger partial charge in [-0.2, -0.15) is 0 Å². The van der Waals surface area contributed by atoms with Crippen LogP contribution >= 0.6 is 11.3 Å². The number of aromatic nitrogens is 1. The van der Waals surface area contributed by atoms with E-state index in [1.54, 1.807) is 29.5 Å². The molecule has 5 nitrogen and oxygen atoms in total. The van der Waals surface area contributed by atoms with Crippen LogP contribution < -0.4 is 10.1 Å². The number of amides is 2. The number of carbonyl (C=O) groups is 1. The molecule has 2 aromatic heterocycles. The van der Waals surface area contributed by atoms with Crippen LogP contribution in [0.5, 0.6) is 5.88 Å². The summed E-state index contributed by atoms with van der Waals surface area (Å²) >= 11 is 1.65. The van der Waals surface area contributed by atoms with E-state index in [-0.39, 0.29) is 12.1 Å². The van der Waals surface area contributed by atoms with E-state index in [1.807, 2.05) is 43.5 Å². The molecule has 1 atom stereocenters. The van der Waals surface area contributed by atoms with Crippen LogP contribution in [-0.4, -0.2) is 29.6 Å². The number of carbonyl (C=O) groups excluding carboxylic acids is 1. The molecule has 0 spiro atoms. The highest BCUT2D eigenvalue weighted by atomic mass is 32.1. The van der Waals surface area contributed by atoms with Crippen LogP contribution in [0.15, 0.2) is 35.8 Å². The zero-order chi connectivity index (χ0) is 15.9. The quantitative estimate of drug-likeness (QED) is 0.887. The van der Waals surface area contributed by atoms with Gasteiger partial charge in [0, 0.05) is 30.2 Å². The fourth-order valence-electron chi connectivity index (χ4n) is 2.02. The molecule has 0 aromatic carbocycles. The molecular weight excluding hydrogens is 298 g/mol. The fraction of sp³-hybridized carbons (Fsp3) is 0.375. The van der Waals surface area contributed by atoms with Crippen molar-refractivity contribution in [2.45, 2.75) is 26.4 Å². The van der Waals surface area contributed by atoms with Gasteiger partial charge in [-0.25, -0.2) is 9.78 Å². The van der Waals surface area contributed by atoms with E-state index >= 15 is 0 Å². The van der Waals surface area contributed by atoms with E-state index in [9.17, 15) is 4.79 Å². The number of urea groups is 1. The van der Waals surface area contributed by atoms with Crippen LogP contribution in [0.25, 0.3) is 0 Å². The summed E-state index contributed by atoms with van der Waals surface area (Å²) in [6.45, 7) is 4.87. The van der Waals surface area contributed by atoms with Gasteiger partial charge in [0.05, 0.1) is 12.6 Å². The number of nitrogens with one attached hydrogen (secondary N) is 1. The number of hydrogen-bond acceptors (Lipinski definition) is 4. The van der Waals surface area contributed by atoms with Gasteiger partial charge in [0.1, 0.15) is 0 Å². The van der Waals surface area contributed by atoms with E-state index in [0.29, 0.717) is 19.0 Å². The number of pyridine rings is 1. The summed E-state index contributed by atoms with van der Waals surface area (Å²) in [6, 6.07) is 7.69. The molecule has 0 aliphatic heterocycles. The van der Waals surface area contributed by atoms with Gasteiger partial charge in [-0.05, 0) is 31.4 Å².